The van der Waals surface area contributed by atoms with Crippen LogP contribution in [-0.2, 0) is 0 Å². The molecule has 0 saturated carbocycles. The number of hydrogen-bond donors (Lipinski definition) is 1. The Morgan fingerprint density at radius 3 is 2.57 bits per heavy atom. The molecule has 0 aliphatic carbocycles. The fraction of sp³-hybridized carbons (Fsp3) is 0.250. The summed E-state index contributed by atoms with van der Waals surface area (Å²) in [5, 5.41) is 0. The van der Waals surface area contributed by atoms with E-state index in [9.17, 15) is 4.39 Å². The summed E-state index contributed by atoms with van der Waals surface area (Å²) in [5.74, 6) is 1.15. The average molecular weight is 352 g/mol. The summed E-state index contributed by atoms with van der Waals surface area (Å²) in [5.41, 5.74) is 8.01. The van der Waals surface area contributed by atoms with Gasteiger partial charge in [-0.25, -0.2) is 4.39 Å². The van der Waals surface area contributed by atoms with Crippen molar-refractivity contribution in [3.8, 4) is 11.5 Å². The lowest BCUT2D eigenvalue weighted by Gasteiger charge is -2.16. The fourth-order valence-corrected chi connectivity index (χ4v) is 2.90. The minimum Gasteiger partial charge on any atom is -0.490 e. The highest BCUT2D eigenvalue weighted by molar-refractivity contribution is 9.10. The van der Waals surface area contributed by atoms with Crippen LogP contribution in [-0.4, -0.2) is 13.2 Å². The topological polar surface area (TPSA) is 44.5 Å². The van der Waals surface area contributed by atoms with Crippen LogP contribution in [0.3, 0.4) is 0 Å². The molecule has 5 heteroatoms. The van der Waals surface area contributed by atoms with E-state index >= 15 is 0 Å². The Labute approximate surface area is 131 Å². The zero-order valence-electron chi connectivity index (χ0n) is 11.3. The minimum atomic E-state index is -0.364. The molecule has 2 aromatic carbocycles. The molecule has 3 nitrogen and oxygen atoms in total. The molecule has 2 N–H and O–H groups in total. The maximum Gasteiger partial charge on any atom is 0.161 e. The first-order valence-electron chi connectivity index (χ1n) is 6.75. The quantitative estimate of drug-likeness (QED) is 0.894. The number of fused-ring (bicyclic) bond motifs is 1. The Morgan fingerprint density at radius 2 is 1.81 bits per heavy atom. The van der Waals surface area contributed by atoms with Crippen LogP contribution in [0.2, 0.25) is 0 Å². The molecule has 0 aromatic heterocycles. The van der Waals surface area contributed by atoms with E-state index < -0.39 is 0 Å². The smallest absolute Gasteiger partial charge is 0.161 e. The fourth-order valence-electron chi connectivity index (χ4n) is 2.31. The normalized spacial score (nSPS) is 15.4. The maximum atomic E-state index is 13.2. The van der Waals surface area contributed by atoms with Crippen molar-refractivity contribution in [3.63, 3.8) is 0 Å². The van der Waals surface area contributed by atoms with E-state index in [1.54, 1.807) is 6.07 Å². The molecular weight excluding hydrogens is 337 g/mol. The van der Waals surface area contributed by atoms with E-state index in [1.807, 2.05) is 18.2 Å². The summed E-state index contributed by atoms with van der Waals surface area (Å²) in [6.07, 6.45) is 0.861. The van der Waals surface area contributed by atoms with Gasteiger partial charge in [0.1, 0.15) is 5.82 Å². The van der Waals surface area contributed by atoms with Crippen LogP contribution in [0, 0.1) is 5.82 Å². The number of benzene rings is 2. The average Bonchev–Trinajstić information content (AvgIpc) is 2.71. The highest BCUT2D eigenvalue weighted by Crippen LogP contribution is 2.34. The molecule has 0 amide bonds. The van der Waals surface area contributed by atoms with Gasteiger partial charge in [0, 0.05) is 10.9 Å². The highest BCUT2D eigenvalue weighted by atomic mass is 79.9. The summed E-state index contributed by atoms with van der Waals surface area (Å²) in [6.45, 7) is 1.29. The van der Waals surface area contributed by atoms with Gasteiger partial charge in [0.05, 0.1) is 19.3 Å². The molecule has 1 aliphatic rings. The van der Waals surface area contributed by atoms with Gasteiger partial charge in [0.2, 0.25) is 0 Å². The van der Waals surface area contributed by atoms with E-state index in [2.05, 4.69) is 15.9 Å². The van der Waals surface area contributed by atoms with Crippen molar-refractivity contribution in [3.05, 3.63) is 57.8 Å². The van der Waals surface area contributed by atoms with E-state index in [0.29, 0.717) is 23.4 Å². The second-order valence-electron chi connectivity index (χ2n) is 4.90. The van der Waals surface area contributed by atoms with Crippen molar-refractivity contribution in [2.24, 2.45) is 5.73 Å². The molecule has 1 heterocycles. The van der Waals surface area contributed by atoms with Gasteiger partial charge in [0.15, 0.2) is 11.5 Å². The van der Waals surface area contributed by atoms with Crippen molar-refractivity contribution in [1.29, 1.82) is 0 Å². The third-order valence-corrected chi connectivity index (χ3v) is 4.12. The molecule has 0 spiro atoms. The van der Waals surface area contributed by atoms with Crippen LogP contribution < -0.4 is 15.2 Å². The zero-order valence-corrected chi connectivity index (χ0v) is 12.9. The Balaban J connectivity index is 1.94. The molecule has 110 valence electrons. The summed E-state index contributed by atoms with van der Waals surface area (Å²) >= 11 is 3.36. The Bertz CT molecular complexity index is 663. The second-order valence-corrected chi connectivity index (χ2v) is 5.75. The first-order chi connectivity index (χ1) is 10.1. The van der Waals surface area contributed by atoms with Crippen LogP contribution in [0.1, 0.15) is 23.6 Å². The van der Waals surface area contributed by atoms with Crippen molar-refractivity contribution in [2.45, 2.75) is 12.5 Å². The van der Waals surface area contributed by atoms with Gasteiger partial charge in [0.25, 0.3) is 0 Å². The number of hydrogen-bond acceptors (Lipinski definition) is 3. The lowest BCUT2D eigenvalue weighted by atomic mass is 9.99. The SMILES string of the molecule is NC(c1ccc2c(c1)OCCCO2)c1ccc(F)cc1Br. The number of rotatable bonds is 2. The minimum absolute atomic E-state index is 0.295. The van der Waals surface area contributed by atoms with Crippen molar-refractivity contribution >= 4 is 15.9 Å². The molecule has 1 atom stereocenters. The third kappa shape index (κ3) is 3.04. The van der Waals surface area contributed by atoms with Crippen LogP contribution in [0.15, 0.2) is 40.9 Å². The van der Waals surface area contributed by atoms with E-state index in [1.165, 1.54) is 12.1 Å². The van der Waals surface area contributed by atoms with E-state index in [4.69, 9.17) is 15.2 Å². The second kappa shape index (κ2) is 6.03. The van der Waals surface area contributed by atoms with Crippen LogP contribution in [0.4, 0.5) is 4.39 Å². The zero-order chi connectivity index (χ0) is 14.8. The molecule has 21 heavy (non-hydrogen) atoms. The lowest BCUT2D eigenvalue weighted by molar-refractivity contribution is 0.297. The van der Waals surface area contributed by atoms with Crippen molar-refractivity contribution < 1.29 is 13.9 Å². The standard InChI is InChI=1S/C16H15BrFNO2/c17-13-9-11(18)3-4-12(13)16(19)10-2-5-14-15(8-10)21-7-1-6-20-14/h2-5,8-9,16H,1,6-7,19H2. The molecule has 3 rings (SSSR count). The Hall–Kier alpha value is -1.59. The summed E-state index contributed by atoms with van der Waals surface area (Å²) < 4.78 is 25.1. The maximum absolute atomic E-state index is 13.2. The van der Waals surface area contributed by atoms with E-state index in [-0.39, 0.29) is 11.9 Å². The Morgan fingerprint density at radius 1 is 1.05 bits per heavy atom. The van der Waals surface area contributed by atoms with Gasteiger partial charge in [-0.3, -0.25) is 0 Å². The summed E-state index contributed by atoms with van der Waals surface area (Å²) in [7, 11) is 0. The van der Waals surface area contributed by atoms with Crippen LogP contribution in [0.5, 0.6) is 11.5 Å². The third-order valence-electron chi connectivity index (χ3n) is 3.43. The number of nitrogens with two attached hydrogens (primary N) is 1. The molecule has 0 bridgehead atoms. The first kappa shape index (κ1) is 14.4. The van der Waals surface area contributed by atoms with Crippen LogP contribution >= 0.6 is 15.9 Å². The molecule has 1 aliphatic heterocycles. The number of ether oxygens (including phenoxy) is 2. The van der Waals surface area contributed by atoms with Crippen LogP contribution in [0.25, 0.3) is 0 Å². The van der Waals surface area contributed by atoms with Gasteiger partial charge in [-0.05, 0) is 35.4 Å². The van der Waals surface area contributed by atoms with Gasteiger partial charge < -0.3 is 15.2 Å². The molecule has 2 aromatic rings. The largest absolute Gasteiger partial charge is 0.490 e. The first-order valence-corrected chi connectivity index (χ1v) is 7.54. The molecule has 0 saturated heterocycles. The lowest BCUT2D eigenvalue weighted by Crippen LogP contribution is -2.13. The van der Waals surface area contributed by atoms with Gasteiger partial charge >= 0.3 is 0 Å². The molecule has 1 unspecified atom stereocenters. The molecule has 0 radical (unpaired) electrons. The summed E-state index contributed by atoms with van der Waals surface area (Å²) in [6, 6.07) is 9.81. The highest BCUT2D eigenvalue weighted by Gasteiger charge is 2.17. The van der Waals surface area contributed by atoms with Gasteiger partial charge in [-0.15, -0.1) is 0 Å². The van der Waals surface area contributed by atoms with Gasteiger partial charge in [-0.1, -0.05) is 28.1 Å². The van der Waals surface area contributed by atoms with Crippen molar-refractivity contribution in [2.75, 3.05) is 13.2 Å². The molecular formula is C16H15BrFNO2. The summed E-state index contributed by atoms with van der Waals surface area (Å²) in [4.78, 5) is 0. The predicted octanol–water partition coefficient (Wildman–Crippen LogP) is 3.80. The molecule has 0 fully saturated rings. The van der Waals surface area contributed by atoms with Gasteiger partial charge in [-0.2, -0.15) is 0 Å². The number of halogens is 2. The predicted molar refractivity (Wildman–Crippen MR) is 82.2 cm³/mol. The van der Waals surface area contributed by atoms with E-state index in [0.717, 1.165) is 23.3 Å². The van der Waals surface area contributed by atoms with Crippen molar-refractivity contribution in [1.82, 2.24) is 0 Å². The Kier molecular flexibility index (Phi) is 4.12. The monoisotopic (exact) mass is 351 g/mol.